The summed E-state index contributed by atoms with van der Waals surface area (Å²) < 4.78 is 0. The summed E-state index contributed by atoms with van der Waals surface area (Å²) in [7, 11) is 0. The standard InChI is InChI=1S/C20H17NO4/c1-13(12-22)18-11-15(9-10-19(18)21(24)25)20(23)17-8-4-6-14-5-2-3-7-16(14)17/h2-11,13,22H,12H2,1H3. The first-order valence-corrected chi connectivity index (χ1v) is 7.94. The number of hydrogen-bond acceptors (Lipinski definition) is 4. The summed E-state index contributed by atoms with van der Waals surface area (Å²) in [5, 5.41) is 22.4. The van der Waals surface area contributed by atoms with Crippen LogP contribution in [0.3, 0.4) is 0 Å². The van der Waals surface area contributed by atoms with E-state index >= 15 is 0 Å². The van der Waals surface area contributed by atoms with Crippen LogP contribution in [0.4, 0.5) is 5.69 Å². The molecule has 5 heteroatoms. The molecule has 1 N–H and O–H groups in total. The van der Waals surface area contributed by atoms with E-state index in [4.69, 9.17) is 0 Å². The molecule has 3 aromatic carbocycles. The zero-order valence-electron chi connectivity index (χ0n) is 13.7. The molecule has 0 saturated carbocycles. The Kier molecular flexibility index (Phi) is 4.59. The molecule has 126 valence electrons. The van der Waals surface area contributed by atoms with Gasteiger partial charge in [0.25, 0.3) is 5.69 Å². The molecular weight excluding hydrogens is 318 g/mol. The van der Waals surface area contributed by atoms with Crippen molar-refractivity contribution in [3.63, 3.8) is 0 Å². The topological polar surface area (TPSA) is 80.4 Å². The normalized spacial score (nSPS) is 12.1. The lowest BCUT2D eigenvalue weighted by atomic mass is 9.93. The third kappa shape index (κ3) is 3.14. The minimum atomic E-state index is -0.492. The highest BCUT2D eigenvalue weighted by Crippen LogP contribution is 2.29. The van der Waals surface area contributed by atoms with Crippen LogP contribution in [-0.4, -0.2) is 22.4 Å². The average Bonchev–Trinajstić information content (AvgIpc) is 2.65. The van der Waals surface area contributed by atoms with Crippen molar-refractivity contribution < 1.29 is 14.8 Å². The second kappa shape index (κ2) is 6.83. The minimum absolute atomic E-state index is 0.0870. The number of hydrogen-bond donors (Lipinski definition) is 1. The lowest BCUT2D eigenvalue weighted by Gasteiger charge is -2.11. The smallest absolute Gasteiger partial charge is 0.272 e. The van der Waals surface area contributed by atoms with Gasteiger partial charge in [-0.25, -0.2) is 0 Å². The monoisotopic (exact) mass is 335 g/mol. The Morgan fingerprint density at radius 2 is 1.84 bits per heavy atom. The zero-order valence-corrected chi connectivity index (χ0v) is 13.7. The van der Waals surface area contributed by atoms with Crippen molar-refractivity contribution in [2.75, 3.05) is 6.61 Å². The molecule has 0 aliphatic carbocycles. The predicted octanol–water partition coefficient (Wildman–Crippen LogP) is 4.07. The fourth-order valence-electron chi connectivity index (χ4n) is 2.93. The first-order valence-electron chi connectivity index (χ1n) is 7.94. The molecule has 0 saturated heterocycles. The van der Waals surface area contributed by atoms with Crippen LogP contribution < -0.4 is 0 Å². The number of nitro benzene ring substituents is 1. The van der Waals surface area contributed by atoms with Crippen molar-refractivity contribution in [1.29, 1.82) is 0 Å². The number of nitrogens with zero attached hydrogens (tertiary/aromatic N) is 1. The van der Waals surface area contributed by atoms with Crippen molar-refractivity contribution in [2.24, 2.45) is 0 Å². The van der Waals surface area contributed by atoms with Gasteiger partial charge in [0.1, 0.15) is 0 Å². The second-order valence-corrected chi connectivity index (χ2v) is 5.97. The maximum Gasteiger partial charge on any atom is 0.272 e. The van der Waals surface area contributed by atoms with E-state index in [2.05, 4.69) is 0 Å². The summed E-state index contributed by atoms with van der Waals surface area (Å²) in [5.41, 5.74) is 1.20. The molecule has 3 rings (SSSR count). The number of nitro groups is 1. The van der Waals surface area contributed by atoms with Gasteiger partial charge in [-0.3, -0.25) is 14.9 Å². The van der Waals surface area contributed by atoms with Gasteiger partial charge in [-0.2, -0.15) is 0 Å². The number of rotatable bonds is 5. The van der Waals surface area contributed by atoms with Crippen molar-refractivity contribution in [2.45, 2.75) is 12.8 Å². The third-order valence-electron chi connectivity index (χ3n) is 4.33. The van der Waals surface area contributed by atoms with E-state index in [-0.39, 0.29) is 18.1 Å². The fraction of sp³-hybridized carbons (Fsp3) is 0.150. The van der Waals surface area contributed by atoms with Crippen molar-refractivity contribution in [3.8, 4) is 0 Å². The van der Waals surface area contributed by atoms with Gasteiger partial charge < -0.3 is 5.11 Å². The summed E-state index contributed by atoms with van der Waals surface area (Å²) in [6.45, 7) is 1.46. The van der Waals surface area contributed by atoms with Crippen LogP contribution in [0.2, 0.25) is 0 Å². The van der Waals surface area contributed by atoms with Gasteiger partial charge in [-0.1, -0.05) is 49.4 Å². The molecule has 5 nitrogen and oxygen atoms in total. The molecule has 0 radical (unpaired) electrons. The Balaban J connectivity index is 2.12. The highest BCUT2D eigenvalue weighted by Gasteiger charge is 2.22. The Hall–Kier alpha value is -3.05. The molecule has 0 aromatic heterocycles. The van der Waals surface area contributed by atoms with E-state index in [0.29, 0.717) is 16.7 Å². The van der Waals surface area contributed by atoms with Crippen LogP contribution in [0.15, 0.2) is 60.7 Å². The number of carbonyl (C=O) groups is 1. The van der Waals surface area contributed by atoms with Gasteiger partial charge >= 0.3 is 0 Å². The summed E-state index contributed by atoms with van der Waals surface area (Å²) in [6.07, 6.45) is 0. The van der Waals surface area contributed by atoms with Gasteiger partial charge in [0.15, 0.2) is 5.78 Å². The molecule has 0 spiro atoms. The van der Waals surface area contributed by atoms with Gasteiger partial charge in [-0.05, 0) is 22.9 Å². The molecule has 1 unspecified atom stereocenters. The molecule has 3 aromatic rings. The van der Waals surface area contributed by atoms with Gasteiger partial charge in [0, 0.05) is 35.3 Å². The van der Waals surface area contributed by atoms with E-state index in [0.717, 1.165) is 10.8 Å². The van der Waals surface area contributed by atoms with Crippen LogP contribution in [0.5, 0.6) is 0 Å². The second-order valence-electron chi connectivity index (χ2n) is 5.97. The molecule has 0 amide bonds. The lowest BCUT2D eigenvalue weighted by Crippen LogP contribution is -2.08. The molecule has 1 atom stereocenters. The number of aliphatic hydroxyl groups is 1. The van der Waals surface area contributed by atoms with Gasteiger partial charge in [0.2, 0.25) is 0 Å². The molecule has 0 bridgehead atoms. The average molecular weight is 335 g/mol. The van der Waals surface area contributed by atoms with Crippen LogP contribution in [0, 0.1) is 10.1 Å². The maximum absolute atomic E-state index is 13.0. The quantitative estimate of drug-likeness (QED) is 0.433. The molecule has 25 heavy (non-hydrogen) atoms. The minimum Gasteiger partial charge on any atom is -0.396 e. The van der Waals surface area contributed by atoms with Crippen molar-refractivity contribution in [1.82, 2.24) is 0 Å². The largest absolute Gasteiger partial charge is 0.396 e. The van der Waals surface area contributed by atoms with E-state index < -0.39 is 10.8 Å². The van der Waals surface area contributed by atoms with E-state index in [1.807, 2.05) is 36.4 Å². The summed E-state index contributed by atoms with van der Waals surface area (Å²) in [5.74, 6) is -0.626. The third-order valence-corrected chi connectivity index (χ3v) is 4.33. The fourth-order valence-corrected chi connectivity index (χ4v) is 2.93. The van der Waals surface area contributed by atoms with E-state index in [1.54, 1.807) is 13.0 Å². The predicted molar refractivity (Wildman–Crippen MR) is 96.0 cm³/mol. The zero-order chi connectivity index (χ0) is 18.0. The molecule has 0 aliphatic heterocycles. The van der Waals surface area contributed by atoms with E-state index in [9.17, 15) is 20.0 Å². The first kappa shape index (κ1) is 16.8. The highest BCUT2D eigenvalue weighted by molar-refractivity contribution is 6.16. The Bertz CT molecular complexity index is 960. The summed E-state index contributed by atoms with van der Waals surface area (Å²) in [4.78, 5) is 23.7. The van der Waals surface area contributed by atoms with Crippen LogP contribution >= 0.6 is 0 Å². The summed E-state index contributed by atoms with van der Waals surface area (Å²) >= 11 is 0. The Labute approximate surface area is 144 Å². The molecule has 0 heterocycles. The highest BCUT2D eigenvalue weighted by atomic mass is 16.6. The number of carbonyl (C=O) groups excluding carboxylic acids is 1. The SMILES string of the molecule is CC(CO)c1cc(C(=O)c2cccc3ccccc23)ccc1[N+](=O)[O-]. The van der Waals surface area contributed by atoms with Crippen molar-refractivity contribution >= 4 is 22.2 Å². The van der Waals surface area contributed by atoms with Crippen LogP contribution in [0.1, 0.15) is 34.3 Å². The molecular formula is C20H17NO4. The lowest BCUT2D eigenvalue weighted by molar-refractivity contribution is -0.385. The molecule has 0 fully saturated rings. The van der Waals surface area contributed by atoms with Gasteiger partial charge in [0.05, 0.1) is 4.92 Å². The maximum atomic E-state index is 13.0. The van der Waals surface area contributed by atoms with Crippen LogP contribution in [0.25, 0.3) is 10.8 Å². The van der Waals surface area contributed by atoms with Gasteiger partial charge in [-0.15, -0.1) is 0 Å². The number of benzene rings is 3. The number of ketones is 1. The van der Waals surface area contributed by atoms with Crippen molar-refractivity contribution in [3.05, 3.63) is 87.5 Å². The first-order chi connectivity index (χ1) is 12.0. The Morgan fingerprint density at radius 1 is 1.12 bits per heavy atom. The Morgan fingerprint density at radius 3 is 2.56 bits per heavy atom. The molecule has 0 aliphatic rings. The van der Waals surface area contributed by atoms with E-state index in [1.165, 1.54) is 18.2 Å². The number of fused-ring (bicyclic) bond motifs is 1. The number of aliphatic hydroxyl groups excluding tert-OH is 1. The summed E-state index contributed by atoms with van der Waals surface area (Å²) in [6, 6.07) is 17.4. The van der Waals surface area contributed by atoms with Crippen LogP contribution in [-0.2, 0) is 0 Å².